The van der Waals surface area contributed by atoms with E-state index in [1.165, 1.54) is 4.88 Å². The summed E-state index contributed by atoms with van der Waals surface area (Å²) in [5.41, 5.74) is 0. The molecule has 90 valence electrons. The number of hydrogen-bond acceptors (Lipinski definition) is 3. The Morgan fingerprint density at radius 3 is 2.62 bits per heavy atom. The van der Waals surface area contributed by atoms with Crippen LogP contribution in [0.15, 0.2) is 15.9 Å². The Bertz CT molecular complexity index is 352. The van der Waals surface area contributed by atoms with Crippen molar-refractivity contribution in [2.45, 2.75) is 32.9 Å². The van der Waals surface area contributed by atoms with Crippen molar-refractivity contribution in [1.82, 2.24) is 10.6 Å². The molecular formula is C11H17BrN2OS. The van der Waals surface area contributed by atoms with Crippen LogP contribution in [0, 0.1) is 0 Å². The maximum Gasteiger partial charge on any atom is 0.234 e. The van der Waals surface area contributed by atoms with Crippen molar-refractivity contribution in [3.8, 4) is 0 Å². The van der Waals surface area contributed by atoms with Crippen molar-refractivity contribution in [3.63, 3.8) is 0 Å². The van der Waals surface area contributed by atoms with E-state index in [2.05, 4.69) is 39.6 Å². The van der Waals surface area contributed by atoms with Crippen LogP contribution in [0.25, 0.3) is 0 Å². The third-order valence-electron chi connectivity index (χ3n) is 2.04. The van der Waals surface area contributed by atoms with Gasteiger partial charge in [-0.05, 0) is 48.8 Å². The molecule has 1 aromatic rings. The van der Waals surface area contributed by atoms with Crippen molar-refractivity contribution in [2.75, 3.05) is 6.54 Å². The first-order valence-corrected chi connectivity index (χ1v) is 6.88. The predicted molar refractivity (Wildman–Crippen MR) is 71.7 cm³/mol. The Morgan fingerprint density at radius 1 is 1.44 bits per heavy atom. The van der Waals surface area contributed by atoms with Crippen LogP contribution in [-0.4, -0.2) is 18.5 Å². The standard InChI is InChI=1S/C11H17BrN2OS/c1-7(2)14-11(15)6-13-8(3)9-4-5-10(12)16-9/h4-5,7-8,13H,6H2,1-3H3,(H,14,15). The highest BCUT2D eigenvalue weighted by Gasteiger charge is 2.09. The maximum absolute atomic E-state index is 11.4. The van der Waals surface area contributed by atoms with Gasteiger partial charge in [-0.2, -0.15) is 0 Å². The Balaban J connectivity index is 2.35. The van der Waals surface area contributed by atoms with E-state index in [1.807, 2.05) is 19.9 Å². The van der Waals surface area contributed by atoms with Gasteiger partial charge in [-0.15, -0.1) is 11.3 Å². The average Bonchev–Trinajstić information content (AvgIpc) is 2.60. The number of hydrogen-bond donors (Lipinski definition) is 2. The highest BCUT2D eigenvalue weighted by Crippen LogP contribution is 2.26. The largest absolute Gasteiger partial charge is 0.353 e. The van der Waals surface area contributed by atoms with Gasteiger partial charge in [0.15, 0.2) is 0 Å². The first-order valence-electron chi connectivity index (χ1n) is 5.27. The second-order valence-electron chi connectivity index (χ2n) is 3.97. The minimum atomic E-state index is 0.0393. The zero-order chi connectivity index (χ0) is 12.1. The molecule has 0 saturated carbocycles. The molecule has 1 unspecified atom stereocenters. The number of halogens is 1. The summed E-state index contributed by atoms with van der Waals surface area (Å²) in [6.07, 6.45) is 0. The molecule has 0 fully saturated rings. The Labute approximate surface area is 109 Å². The fraction of sp³-hybridized carbons (Fsp3) is 0.545. The lowest BCUT2D eigenvalue weighted by Crippen LogP contribution is -2.38. The predicted octanol–water partition coefficient (Wildman–Crippen LogP) is 2.69. The maximum atomic E-state index is 11.4. The number of nitrogens with one attached hydrogen (secondary N) is 2. The minimum absolute atomic E-state index is 0.0393. The summed E-state index contributed by atoms with van der Waals surface area (Å²) in [6.45, 7) is 6.32. The van der Waals surface area contributed by atoms with Gasteiger partial charge in [0, 0.05) is 17.0 Å². The van der Waals surface area contributed by atoms with Gasteiger partial charge in [0.05, 0.1) is 10.3 Å². The first kappa shape index (κ1) is 13.7. The van der Waals surface area contributed by atoms with Crippen LogP contribution in [0.1, 0.15) is 31.7 Å². The third-order valence-corrected chi connectivity index (χ3v) is 3.85. The molecule has 1 amide bonds. The molecule has 1 rings (SSSR count). The molecule has 0 bridgehead atoms. The molecule has 1 aromatic heterocycles. The quantitative estimate of drug-likeness (QED) is 0.878. The molecule has 0 radical (unpaired) electrons. The highest BCUT2D eigenvalue weighted by atomic mass is 79.9. The molecule has 1 heterocycles. The monoisotopic (exact) mass is 304 g/mol. The van der Waals surface area contributed by atoms with Crippen LogP contribution in [0.5, 0.6) is 0 Å². The summed E-state index contributed by atoms with van der Waals surface area (Å²) < 4.78 is 1.11. The van der Waals surface area contributed by atoms with Crippen LogP contribution in [0.2, 0.25) is 0 Å². The van der Waals surface area contributed by atoms with E-state index in [0.29, 0.717) is 6.54 Å². The number of carbonyl (C=O) groups excluding carboxylic acids is 1. The Morgan fingerprint density at radius 2 is 2.12 bits per heavy atom. The van der Waals surface area contributed by atoms with Gasteiger partial charge in [0.1, 0.15) is 0 Å². The third kappa shape index (κ3) is 4.63. The molecule has 5 heteroatoms. The fourth-order valence-electron chi connectivity index (χ4n) is 1.28. The number of carbonyl (C=O) groups is 1. The van der Waals surface area contributed by atoms with E-state index < -0.39 is 0 Å². The molecule has 0 saturated heterocycles. The second-order valence-corrected chi connectivity index (χ2v) is 6.46. The van der Waals surface area contributed by atoms with Crippen molar-refractivity contribution < 1.29 is 4.79 Å². The van der Waals surface area contributed by atoms with Gasteiger partial charge in [0.2, 0.25) is 5.91 Å². The summed E-state index contributed by atoms with van der Waals surface area (Å²) in [7, 11) is 0. The topological polar surface area (TPSA) is 41.1 Å². The van der Waals surface area contributed by atoms with E-state index in [0.717, 1.165) is 3.79 Å². The lowest BCUT2D eigenvalue weighted by atomic mass is 10.3. The van der Waals surface area contributed by atoms with Crippen LogP contribution < -0.4 is 10.6 Å². The number of thiophene rings is 1. The molecule has 0 aliphatic rings. The molecule has 0 aromatic carbocycles. The van der Waals surface area contributed by atoms with E-state index in [1.54, 1.807) is 11.3 Å². The molecule has 0 aliphatic carbocycles. The zero-order valence-corrected chi connectivity index (χ0v) is 12.1. The summed E-state index contributed by atoms with van der Waals surface area (Å²) in [6, 6.07) is 4.48. The first-order chi connectivity index (χ1) is 7.49. The van der Waals surface area contributed by atoms with Crippen molar-refractivity contribution in [3.05, 3.63) is 20.8 Å². The van der Waals surface area contributed by atoms with E-state index >= 15 is 0 Å². The Kier molecular flexibility index (Phi) is 5.44. The molecule has 0 aliphatic heterocycles. The van der Waals surface area contributed by atoms with Gasteiger partial charge < -0.3 is 10.6 Å². The molecule has 16 heavy (non-hydrogen) atoms. The normalized spacial score (nSPS) is 12.8. The van der Waals surface area contributed by atoms with Crippen molar-refractivity contribution in [2.24, 2.45) is 0 Å². The lowest BCUT2D eigenvalue weighted by Gasteiger charge is -2.13. The highest BCUT2D eigenvalue weighted by molar-refractivity contribution is 9.11. The molecule has 0 spiro atoms. The summed E-state index contributed by atoms with van der Waals surface area (Å²) in [5.74, 6) is 0.0393. The number of amides is 1. The van der Waals surface area contributed by atoms with Crippen molar-refractivity contribution in [1.29, 1.82) is 0 Å². The minimum Gasteiger partial charge on any atom is -0.353 e. The van der Waals surface area contributed by atoms with Gasteiger partial charge in [-0.3, -0.25) is 4.79 Å². The zero-order valence-electron chi connectivity index (χ0n) is 9.71. The smallest absolute Gasteiger partial charge is 0.234 e. The van der Waals surface area contributed by atoms with Crippen LogP contribution in [0.4, 0.5) is 0 Å². The summed E-state index contributed by atoms with van der Waals surface area (Å²) in [5, 5.41) is 6.04. The van der Waals surface area contributed by atoms with E-state index in [4.69, 9.17) is 0 Å². The van der Waals surface area contributed by atoms with E-state index in [9.17, 15) is 4.79 Å². The van der Waals surface area contributed by atoms with Crippen LogP contribution in [0.3, 0.4) is 0 Å². The van der Waals surface area contributed by atoms with Gasteiger partial charge in [-0.1, -0.05) is 0 Å². The second kappa shape index (κ2) is 6.37. The lowest BCUT2D eigenvalue weighted by molar-refractivity contribution is -0.120. The molecule has 2 N–H and O–H groups in total. The van der Waals surface area contributed by atoms with Crippen molar-refractivity contribution >= 4 is 33.2 Å². The van der Waals surface area contributed by atoms with Gasteiger partial charge >= 0.3 is 0 Å². The SMILES string of the molecule is CC(C)NC(=O)CNC(C)c1ccc(Br)s1. The Hall–Kier alpha value is -0.390. The molecular weight excluding hydrogens is 288 g/mol. The summed E-state index contributed by atoms with van der Waals surface area (Å²) in [4.78, 5) is 12.6. The fourth-order valence-corrected chi connectivity index (χ4v) is 2.73. The van der Waals surface area contributed by atoms with Gasteiger partial charge in [-0.25, -0.2) is 0 Å². The summed E-state index contributed by atoms with van der Waals surface area (Å²) >= 11 is 5.11. The molecule has 3 nitrogen and oxygen atoms in total. The molecule has 1 atom stereocenters. The van der Waals surface area contributed by atoms with Gasteiger partial charge in [0.25, 0.3) is 0 Å². The van der Waals surface area contributed by atoms with Crippen LogP contribution >= 0.6 is 27.3 Å². The van der Waals surface area contributed by atoms with E-state index in [-0.39, 0.29) is 18.0 Å². The number of rotatable bonds is 5. The van der Waals surface area contributed by atoms with Crippen LogP contribution in [-0.2, 0) is 4.79 Å². The average molecular weight is 305 g/mol.